The molecule has 0 saturated carbocycles. The molecule has 6 nitrogen and oxygen atoms in total. The molecule has 3 aliphatic heterocycles. The van der Waals surface area contributed by atoms with Crippen LogP contribution in [0.5, 0.6) is 0 Å². The molecule has 2 saturated heterocycles. The Morgan fingerprint density at radius 3 is 2.62 bits per heavy atom. The first kappa shape index (κ1) is 16.8. The number of ketones is 1. The van der Waals surface area contributed by atoms with Gasteiger partial charge in [0, 0.05) is 24.9 Å². The fourth-order valence-electron chi connectivity index (χ4n) is 4.35. The van der Waals surface area contributed by atoms with E-state index < -0.39 is 0 Å². The van der Waals surface area contributed by atoms with E-state index in [9.17, 15) is 14.4 Å². The molecule has 1 N–H and O–H groups in total. The number of Topliss-reactive ketones (excluding diaryl/α,β-unsaturated/α-hetero) is 1. The number of carbonyl (C=O) groups excluding carboxylic acids is 3. The molecule has 0 spiro atoms. The number of hydrogen-bond acceptors (Lipinski definition) is 4. The summed E-state index contributed by atoms with van der Waals surface area (Å²) in [5.74, 6) is -0.113. The molecule has 0 bridgehead atoms. The number of carbonyl (C=O) groups is 3. The van der Waals surface area contributed by atoms with Gasteiger partial charge in [-0.25, -0.2) is 0 Å². The Kier molecular flexibility index (Phi) is 4.26. The van der Waals surface area contributed by atoms with Gasteiger partial charge in [-0.15, -0.1) is 0 Å². The molecule has 4 rings (SSSR count). The summed E-state index contributed by atoms with van der Waals surface area (Å²) < 4.78 is 0. The molecule has 3 aliphatic rings. The van der Waals surface area contributed by atoms with Gasteiger partial charge in [-0.3, -0.25) is 14.4 Å². The zero-order valence-electron chi connectivity index (χ0n) is 14.9. The van der Waals surface area contributed by atoms with Gasteiger partial charge < -0.3 is 15.1 Å². The number of nitrogens with one attached hydrogen (secondary N) is 1. The number of rotatable bonds is 4. The van der Waals surface area contributed by atoms with Gasteiger partial charge in [-0.05, 0) is 25.3 Å². The monoisotopic (exact) mass is 353 g/mol. The van der Waals surface area contributed by atoms with Crippen LogP contribution < -0.4 is 5.32 Å². The van der Waals surface area contributed by atoms with Crippen LogP contribution in [0, 0.1) is 0 Å². The van der Waals surface area contributed by atoms with Gasteiger partial charge in [-0.1, -0.05) is 30.3 Å². The number of nitrogens with zero attached hydrogens (tertiary/aromatic N) is 2. The lowest BCUT2D eigenvalue weighted by molar-refractivity contribution is -0.131. The maximum Gasteiger partial charge on any atom is 0.246 e. The average molecular weight is 353 g/mol. The quantitative estimate of drug-likeness (QED) is 0.816. The number of amides is 2. The molecule has 136 valence electrons. The largest absolute Gasteiger partial charge is 0.371 e. The maximum absolute atomic E-state index is 12.5. The Morgan fingerprint density at radius 2 is 1.92 bits per heavy atom. The zero-order chi connectivity index (χ0) is 18.3. The Balaban J connectivity index is 1.50. The van der Waals surface area contributed by atoms with Gasteiger partial charge in [0.25, 0.3) is 0 Å². The van der Waals surface area contributed by atoms with Gasteiger partial charge in [0.2, 0.25) is 11.8 Å². The number of hydrogen-bond donors (Lipinski definition) is 1. The molecule has 3 heterocycles. The van der Waals surface area contributed by atoms with E-state index in [2.05, 4.69) is 10.2 Å². The third kappa shape index (κ3) is 3.00. The molecule has 26 heavy (non-hydrogen) atoms. The molecule has 0 aromatic heterocycles. The van der Waals surface area contributed by atoms with Gasteiger partial charge in [0.05, 0.1) is 24.5 Å². The molecule has 6 heteroatoms. The van der Waals surface area contributed by atoms with E-state index in [-0.39, 0.29) is 42.1 Å². The predicted molar refractivity (Wildman–Crippen MR) is 96.1 cm³/mol. The topological polar surface area (TPSA) is 69.7 Å². The maximum atomic E-state index is 12.5. The van der Waals surface area contributed by atoms with Crippen LogP contribution >= 0.6 is 0 Å². The summed E-state index contributed by atoms with van der Waals surface area (Å²) in [6.45, 7) is 3.44. The van der Waals surface area contributed by atoms with E-state index in [1.54, 1.807) is 6.08 Å². The second-order valence-electron chi connectivity index (χ2n) is 7.34. The Hall–Kier alpha value is -2.63. The van der Waals surface area contributed by atoms with Gasteiger partial charge >= 0.3 is 0 Å². The number of likely N-dealkylation sites (tertiary alicyclic amines) is 2. The first-order valence-electron chi connectivity index (χ1n) is 9.18. The molecule has 0 aliphatic carbocycles. The second kappa shape index (κ2) is 6.59. The highest BCUT2D eigenvalue weighted by Crippen LogP contribution is 2.29. The average Bonchev–Trinajstić information content (AvgIpc) is 3.27. The summed E-state index contributed by atoms with van der Waals surface area (Å²) >= 11 is 0. The molecular formula is C20H23N3O3. The van der Waals surface area contributed by atoms with Gasteiger partial charge in [0.1, 0.15) is 0 Å². The van der Waals surface area contributed by atoms with Gasteiger partial charge in [-0.2, -0.15) is 0 Å². The minimum absolute atomic E-state index is 0.00252. The normalized spacial score (nSPS) is 28.7. The second-order valence-corrected chi connectivity index (χ2v) is 7.34. The van der Waals surface area contributed by atoms with Crippen LogP contribution in [0.4, 0.5) is 0 Å². The highest BCUT2D eigenvalue weighted by molar-refractivity contribution is 6.07. The van der Waals surface area contributed by atoms with Crippen LogP contribution in [0.3, 0.4) is 0 Å². The summed E-state index contributed by atoms with van der Waals surface area (Å²) in [7, 11) is 0. The fourth-order valence-corrected chi connectivity index (χ4v) is 4.35. The molecule has 1 aromatic carbocycles. The van der Waals surface area contributed by atoms with Crippen molar-refractivity contribution in [2.75, 3.05) is 13.1 Å². The zero-order valence-corrected chi connectivity index (χ0v) is 14.9. The Labute approximate surface area is 152 Å². The molecular weight excluding hydrogens is 330 g/mol. The highest BCUT2D eigenvalue weighted by Gasteiger charge is 2.44. The fraction of sp³-hybridized carbons (Fsp3) is 0.450. The third-order valence-electron chi connectivity index (χ3n) is 5.60. The SMILES string of the molecule is C[C@@H]1NC(=O)C=C1N1CC[C@H](N2C(=O)CC(=O)[C@@H]2Cc2ccccc2)C1. The first-order chi connectivity index (χ1) is 12.5. The summed E-state index contributed by atoms with van der Waals surface area (Å²) in [5, 5.41) is 2.88. The Morgan fingerprint density at radius 1 is 1.15 bits per heavy atom. The van der Waals surface area contributed by atoms with Crippen LogP contribution in [-0.2, 0) is 20.8 Å². The highest BCUT2D eigenvalue weighted by atomic mass is 16.2. The van der Waals surface area contributed by atoms with Crippen molar-refractivity contribution in [3.05, 3.63) is 47.7 Å². The summed E-state index contributed by atoms with van der Waals surface area (Å²) in [5.41, 5.74) is 2.05. The van der Waals surface area contributed by atoms with Crippen LogP contribution in [0.1, 0.15) is 25.3 Å². The molecule has 0 unspecified atom stereocenters. The molecule has 0 radical (unpaired) electrons. The summed E-state index contributed by atoms with van der Waals surface area (Å²) in [4.78, 5) is 40.5. The predicted octanol–water partition coefficient (Wildman–Crippen LogP) is 0.876. The smallest absolute Gasteiger partial charge is 0.246 e. The number of benzene rings is 1. The summed E-state index contributed by atoms with van der Waals surface area (Å²) in [6.07, 6.45) is 3.04. The van der Waals surface area contributed by atoms with E-state index in [0.717, 1.165) is 24.2 Å². The lowest BCUT2D eigenvalue weighted by atomic mass is 10.0. The van der Waals surface area contributed by atoms with Crippen molar-refractivity contribution < 1.29 is 14.4 Å². The van der Waals surface area contributed by atoms with Crippen LogP contribution in [0.15, 0.2) is 42.1 Å². The Bertz CT molecular complexity index is 774. The molecule has 2 fully saturated rings. The lowest BCUT2D eigenvalue weighted by Gasteiger charge is -2.31. The minimum Gasteiger partial charge on any atom is -0.371 e. The first-order valence-corrected chi connectivity index (χ1v) is 9.18. The van der Waals surface area contributed by atoms with Crippen LogP contribution in [-0.4, -0.2) is 58.6 Å². The van der Waals surface area contributed by atoms with Crippen molar-refractivity contribution in [2.24, 2.45) is 0 Å². The third-order valence-corrected chi connectivity index (χ3v) is 5.60. The standard InChI is InChI=1S/C20H23N3O3/c1-13-16(10-19(25)21-13)22-8-7-15(12-22)23-17(18(24)11-20(23)26)9-14-5-3-2-4-6-14/h2-6,10,13,15,17H,7-9,11-12H2,1H3,(H,21,25)/t13-,15-,17-/m0/s1. The van der Waals surface area contributed by atoms with Crippen molar-refractivity contribution in [3.8, 4) is 0 Å². The molecule has 3 atom stereocenters. The molecule has 2 amide bonds. The van der Waals surface area contributed by atoms with E-state index >= 15 is 0 Å². The van der Waals surface area contributed by atoms with Gasteiger partial charge in [0.15, 0.2) is 5.78 Å². The van der Waals surface area contributed by atoms with E-state index in [4.69, 9.17) is 0 Å². The van der Waals surface area contributed by atoms with E-state index in [1.807, 2.05) is 42.2 Å². The lowest BCUT2D eigenvalue weighted by Crippen LogP contribution is -2.46. The molecule has 1 aromatic rings. The van der Waals surface area contributed by atoms with Crippen molar-refractivity contribution in [2.45, 2.75) is 44.3 Å². The van der Waals surface area contributed by atoms with Crippen LogP contribution in [0.25, 0.3) is 0 Å². The van der Waals surface area contributed by atoms with Crippen molar-refractivity contribution in [1.29, 1.82) is 0 Å². The van der Waals surface area contributed by atoms with Crippen molar-refractivity contribution in [3.63, 3.8) is 0 Å². The summed E-state index contributed by atoms with van der Waals surface area (Å²) in [6, 6.07) is 9.50. The van der Waals surface area contributed by atoms with Crippen LogP contribution in [0.2, 0.25) is 0 Å². The van der Waals surface area contributed by atoms with Crippen molar-refractivity contribution >= 4 is 17.6 Å². The van der Waals surface area contributed by atoms with E-state index in [1.165, 1.54) is 0 Å². The van der Waals surface area contributed by atoms with Crippen molar-refractivity contribution in [1.82, 2.24) is 15.1 Å². The van der Waals surface area contributed by atoms with E-state index in [0.29, 0.717) is 13.0 Å². The minimum atomic E-state index is -0.371.